The molecular formula is C15H18N4O2. The monoisotopic (exact) mass is 286 g/mol. The smallest absolute Gasteiger partial charge is 0.255 e. The van der Waals surface area contributed by atoms with Crippen LogP contribution in [0.2, 0.25) is 0 Å². The third kappa shape index (κ3) is 2.10. The molecule has 0 saturated carbocycles. The Labute approximate surface area is 122 Å². The fraction of sp³-hybridized carbons (Fsp3) is 0.533. The van der Waals surface area contributed by atoms with Gasteiger partial charge in [0.2, 0.25) is 0 Å². The zero-order valence-corrected chi connectivity index (χ0v) is 11.8. The van der Waals surface area contributed by atoms with Crippen molar-refractivity contribution < 1.29 is 9.53 Å². The Bertz CT molecular complexity index is 662. The van der Waals surface area contributed by atoms with Crippen LogP contribution in [0.3, 0.4) is 0 Å². The number of nitrogens with one attached hydrogen (secondary N) is 1. The van der Waals surface area contributed by atoms with Gasteiger partial charge in [-0.05, 0) is 31.7 Å². The van der Waals surface area contributed by atoms with Crippen LogP contribution in [0.25, 0.3) is 11.0 Å². The molecule has 6 nitrogen and oxygen atoms in total. The van der Waals surface area contributed by atoms with E-state index in [4.69, 9.17) is 4.74 Å². The lowest BCUT2D eigenvalue weighted by molar-refractivity contribution is 0.0342. The Balaban J connectivity index is 1.65. The van der Waals surface area contributed by atoms with Gasteiger partial charge in [-0.1, -0.05) is 0 Å². The third-order valence-corrected chi connectivity index (χ3v) is 4.54. The fourth-order valence-electron chi connectivity index (χ4n) is 3.53. The first-order chi connectivity index (χ1) is 10.3. The van der Waals surface area contributed by atoms with Crippen LogP contribution in [-0.4, -0.2) is 51.3 Å². The molecule has 2 aromatic rings. The van der Waals surface area contributed by atoms with Gasteiger partial charge in [0.05, 0.1) is 29.3 Å². The Hall–Kier alpha value is -1.95. The third-order valence-electron chi connectivity index (χ3n) is 4.54. The number of amides is 1. The number of carbonyl (C=O) groups is 1. The molecule has 0 radical (unpaired) electrons. The van der Waals surface area contributed by atoms with Gasteiger partial charge >= 0.3 is 0 Å². The van der Waals surface area contributed by atoms with Crippen LogP contribution < -0.4 is 0 Å². The molecule has 21 heavy (non-hydrogen) atoms. The van der Waals surface area contributed by atoms with Crippen molar-refractivity contribution in [3.8, 4) is 0 Å². The summed E-state index contributed by atoms with van der Waals surface area (Å²) in [6.07, 6.45) is 7.79. The van der Waals surface area contributed by atoms with Gasteiger partial charge in [-0.15, -0.1) is 0 Å². The summed E-state index contributed by atoms with van der Waals surface area (Å²) >= 11 is 0. The topological polar surface area (TPSA) is 71.1 Å². The van der Waals surface area contributed by atoms with Crippen molar-refractivity contribution in [1.29, 1.82) is 0 Å². The molecule has 6 heteroatoms. The van der Waals surface area contributed by atoms with Crippen molar-refractivity contribution in [1.82, 2.24) is 20.1 Å². The van der Waals surface area contributed by atoms with Crippen LogP contribution >= 0.6 is 0 Å². The Morgan fingerprint density at radius 2 is 2.33 bits per heavy atom. The number of hydrogen-bond donors (Lipinski definition) is 1. The zero-order valence-electron chi connectivity index (χ0n) is 11.8. The maximum absolute atomic E-state index is 12.9. The van der Waals surface area contributed by atoms with Gasteiger partial charge < -0.3 is 9.64 Å². The molecule has 0 bridgehead atoms. The Morgan fingerprint density at radius 1 is 1.38 bits per heavy atom. The zero-order chi connectivity index (χ0) is 14.2. The minimum absolute atomic E-state index is 0.0711. The average Bonchev–Trinajstić information content (AvgIpc) is 3.23. The molecule has 0 aliphatic carbocycles. The summed E-state index contributed by atoms with van der Waals surface area (Å²) in [6, 6.07) is 2.00. The second-order valence-electron chi connectivity index (χ2n) is 5.75. The SMILES string of the molecule is O=C(c1ccnc2[nH]ncc12)N1CCCC1C1CCCO1. The van der Waals surface area contributed by atoms with E-state index in [9.17, 15) is 4.79 Å². The van der Waals surface area contributed by atoms with Crippen molar-refractivity contribution in [3.63, 3.8) is 0 Å². The van der Waals surface area contributed by atoms with Crippen LogP contribution in [0, 0.1) is 0 Å². The van der Waals surface area contributed by atoms with Crippen molar-refractivity contribution in [2.45, 2.75) is 37.8 Å². The maximum Gasteiger partial charge on any atom is 0.255 e. The summed E-state index contributed by atoms with van der Waals surface area (Å²) in [6.45, 7) is 1.63. The maximum atomic E-state index is 12.9. The highest BCUT2D eigenvalue weighted by atomic mass is 16.5. The molecule has 0 spiro atoms. The fourth-order valence-corrected chi connectivity index (χ4v) is 3.53. The molecule has 4 rings (SSSR count). The van der Waals surface area contributed by atoms with Crippen LogP contribution in [-0.2, 0) is 4.74 Å². The Morgan fingerprint density at radius 3 is 3.19 bits per heavy atom. The normalized spacial score (nSPS) is 25.8. The van der Waals surface area contributed by atoms with Gasteiger partial charge in [0.1, 0.15) is 0 Å². The summed E-state index contributed by atoms with van der Waals surface area (Å²) in [4.78, 5) is 19.1. The lowest BCUT2D eigenvalue weighted by Crippen LogP contribution is -2.42. The number of likely N-dealkylation sites (tertiary alicyclic amines) is 1. The molecule has 2 aliphatic rings. The van der Waals surface area contributed by atoms with Crippen molar-refractivity contribution in [2.75, 3.05) is 13.2 Å². The number of aromatic amines is 1. The number of carbonyl (C=O) groups excluding carboxylic acids is 1. The predicted molar refractivity (Wildman–Crippen MR) is 76.9 cm³/mol. The summed E-state index contributed by atoms with van der Waals surface area (Å²) in [5, 5.41) is 7.59. The van der Waals surface area contributed by atoms with Crippen molar-refractivity contribution >= 4 is 16.9 Å². The van der Waals surface area contributed by atoms with E-state index in [0.717, 1.165) is 44.2 Å². The highest BCUT2D eigenvalue weighted by molar-refractivity contribution is 6.05. The van der Waals surface area contributed by atoms with Crippen LogP contribution in [0.1, 0.15) is 36.0 Å². The molecule has 1 amide bonds. The molecule has 0 aromatic carbocycles. The summed E-state index contributed by atoms with van der Waals surface area (Å²) in [5.74, 6) is 0.0711. The van der Waals surface area contributed by atoms with Gasteiger partial charge in [-0.2, -0.15) is 5.10 Å². The first-order valence-corrected chi connectivity index (χ1v) is 7.55. The number of pyridine rings is 1. The summed E-state index contributed by atoms with van der Waals surface area (Å²) in [5.41, 5.74) is 1.34. The molecule has 2 unspecified atom stereocenters. The number of nitrogens with zero attached hydrogens (tertiary/aromatic N) is 3. The number of fused-ring (bicyclic) bond motifs is 1. The molecule has 110 valence electrons. The van der Waals surface area contributed by atoms with Crippen molar-refractivity contribution in [3.05, 3.63) is 24.0 Å². The molecule has 1 N–H and O–H groups in total. The standard InChI is InChI=1S/C15H18N4O2/c20-15(10-5-6-16-14-11(10)9-17-18-14)19-7-1-3-12(19)13-4-2-8-21-13/h5-6,9,12-13H,1-4,7-8H2,(H,16,17,18). The minimum atomic E-state index is 0.0711. The largest absolute Gasteiger partial charge is 0.376 e. The number of H-pyrrole nitrogens is 1. The predicted octanol–water partition coefficient (Wildman–Crippen LogP) is 1.74. The molecule has 2 aliphatic heterocycles. The summed E-state index contributed by atoms with van der Waals surface area (Å²) in [7, 11) is 0. The number of ether oxygens (including phenoxy) is 1. The Kier molecular flexibility index (Phi) is 3.11. The lowest BCUT2D eigenvalue weighted by atomic mass is 10.0. The van der Waals surface area contributed by atoms with E-state index >= 15 is 0 Å². The first kappa shape index (κ1) is 12.8. The van der Waals surface area contributed by atoms with Gasteiger partial charge in [0, 0.05) is 19.3 Å². The van der Waals surface area contributed by atoms with E-state index < -0.39 is 0 Å². The van der Waals surface area contributed by atoms with Gasteiger partial charge in [-0.25, -0.2) is 4.98 Å². The van der Waals surface area contributed by atoms with Crippen LogP contribution in [0.5, 0.6) is 0 Å². The van der Waals surface area contributed by atoms with E-state index in [1.54, 1.807) is 18.5 Å². The first-order valence-electron chi connectivity index (χ1n) is 7.55. The second-order valence-corrected chi connectivity index (χ2v) is 5.75. The summed E-state index contributed by atoms with van der Waals surface area (Å²) < 4.78 is 5.80. The molecule has 2 saturated heterocycles. The highest BCUT2D eigenvalue weighted by Gasteiger charge is 2.37. The number of rotatable bonds is 2. The highest BCUT2D eigenvalue weighted by Crippen LogP contribution is 2.30. The van der Waals surface area contributed by atoms with Gasteiger partial charge in [-0.3, -0.25) is 9.89 Å². The van der Waals surface area contributed by atoms with Crippen molar-refractivity contribution in [2.24, 2.45) is 0 Å². The van der Waals surface area contributed by atoms with E-state index in [1.807, 2.05) is 4.90 Å². The number of aromatic nitrogens is 3. The quantitative estimate of drug-likeness (QED) is 0.913. The van der Waals surface area contributed by atoms with Gasteiger partial charge in [0.25, 0.3) is 5.91 Å². The second kappa shape index (κ2) is 5.11. The van der Waals surface area contributed by atoms with E-state index in [0.29, 0.717) is 11.2 Å². The molecule has 2 atom stereocenters. The van der Waals surface area contributed by atoms with Gasteiger partial charge in [0.15, 0.2) is 5.65 Å². The molecule has 2 fully saturated rings. The van der Waals surface area contributed by atoms with E-state index in [2.05, 4.69) is 15.2 Å². The lowest BCUT2D eigenvalue weighted by Gasteiger charge is -2.29. The van der Waals surface area contributed by atoms with Crippen LogP contribution in [0.4, 0.5) is 0 Å². The minimum Gasteiger partial charge on any atom is -0.376 e. The molecular weight excluding hydrogens is 268 g/mol. The van der Waals surface area contributed by atoms with Crippen LogP contribution in [0.15, 0.2) is 18.5 Å². The average molecular weight is 286 g/mol. The van der Waals surface area contributed by atoms with E-state index in [-0.39, 0.29) is 18.1 Å². The molecule has 4 heterocycles. The molecule has 2 aromatic heterocycles. The number of hydrogen-bond acceptors (Lipinski definition) is 4. The van der Waals surface area contributed by atoms with E-state index in [1.165, 1.54) is 0 Å².